The van der Waals surface area contributed by atoms with Gasteiger partial charge in [0.25, 0.3) is 5.56 Å². The molecule has 1 saturated heterocycles. The van der Waals surface area contributed by atoms with Gasteiger partial charge in [-0.1, -0.05) is 5.16 Å². The first-order valence-corrected chi connectivity index (χ1v) is 7.61. The summed E-state index contributed by atoms with van der Waals surface area (Å²) in [6.45, 7) is 4.85. The number of piperazine rings is 1. The van der Waals surface area contributed by atoms with E-state index in [-0.39, 0.29) is 17.9 Å². The summed E-state index contributed by atoms with van der Waals surface area (Å²) in [6, 6.07) is 0. The van der Waals surface area contributed by atoms with E-state index in [1.165, 1.54) is 6.20 Å². The Labute approximate surface area is 136 Å². The van der Waals surface area contributed by atoms with Gasteiger partial charge in [-0.25, -0.2) is 4.79 Å². The fourth-order valence-electron chi connectivity index (χ4n) is 2.60. The van der Waals surface area contributed by atoms with Crippen molar-refractivity contribution in [2.75, 3.05) is 26.2 Å². The Morgan fingerprint density at radius 2 is 2.04 bits per heavy atom. The van der Waals surface area contributed by atoms with Crippen LogP contribution in [0.15, 0.2) is 20.3 Å². The predicted octanol–water partition coefficient (Wildman–Crippen LogP) is -1.36. The number of nitrogens with one attached hydrogen (secondary N) is 2. The van der Waals surface area contributed by atoms with Crippen LogP contribution >= 0.6 is 0 Å². The van der Waals surface area contributed by atoms with Crippen LogP contribution in [0.1, 0.15) is 17.3 Å². The number of carbonyl (C=O) groups is 1. The van der Waals surface area contributed by atoms with E-state index in [9.17, 15) is 14.4 Å². The maximum absolute atomic E-state index is 12.3. The van der Waals surface area contributed by atoms with Gasteiger partial charge in [0.2, 0.25) is 11.8 Å². The third-order valence-electron chi connectivity index (χ3n) is 3.90. The van der Waals surface area contributed by atoms with E-state index in [0.717, 1.165) is 0 Å². The van der Waals surface area contributed by atoms with Gasteiger partial charge in [-0.15, -0.1) is 0 Å². The molecule has 128 valence electrons. The highest BCUT2D eigenvalue weighted by atomic mass is 16.5. The number of rotatable bonds is 4. The Bertz CT molecular complexity index is 830. The quantitative estimate of drug-likeness (QED) is 0.707. The Balaban J connectivity index is 1.53. The summed E-state index contributed by atoms with van der Waals surface area (Å²) in [4.78, 5) is 47.4. The Morgan fingerprint density at radius 1 is 1.29 bits per heavy atom. The standard InChI is InChI=1S/C14H18N6O4/c1-9-16-11(18-24-9)8-19-2-4-20(5-3-19)12(21)6-10-7-15-14(23)17-13(10)22/h7H,2-6,8H2,1H3,(H2,15,17,22,23). The smallest absolute Gasteiger partial charge is 0.325 e. The number of aryl methyl sites for hydroxylation is 1. The van der Waals surface area contributed by atoms with Crippen molar-refractivity contribution in [3.63, 3.8) is 0 Å². The number of nitrogens with zero attached hydrogens (tertiary/aromatic N) is 4. The monoisotopic (exact) mass is 334 g/mol. The summed E-state index contributed by atoms with van der Waals surface area (Å²) >= 11 is 0. The summed E-state index contributed by atoms with van der Waals surface area (Å²) in [5.41, 5.74) is -0.857. The lowest BCUT2D eigenvalue weighted by atomic mass is 10.2. The minimum atomic E-state index is -0.582. The van der Waals surface area contributed by atoms with Crippen LogP contribution < -0.4 is 11.2 Å². The largest absolute Gasteiger partial charge is 0.340 e. The minimum absolute atomic E-state index is 0.0316. The number of carbonyl (C=O) groups excluding carboxylic acids is 1. The van der Waals surface area contributed by atoms with Crippen molar-refractivity contribution in [1.82, 2.24) is 29.9 Å². The molecule has 24 heavy (non-hydrogen) atoms. The third kappa shape index (κ3) is 3.77. The first-order chi connectivity index (χ1) is 11.5. The molecular formula is C14H18N6O4. The second kappa shape index (κ2) is 6.79. The predicted molar refractivity (Wildman–Crippen MR) is 82.3 cm³/mol. The molecule has 2 N–H and O–H groups in total. The summed E-state index contributed by atoms with van der Waals surface area (Å²) < 4.78 is 4.94. The molecule has 0 spiro atoms. The van der Waals surface area contributed by atoms with Crippen molar-refractivity contribution in [2.24, 2.45) is 0 Å². The van der Waals surface area contributed by atoms with Gasteiger partial charge in [-0.05, 0) is 0 Å². The van der Waals surface area contributed by atoms with Crippen LogP contribution in [0.5, 0.6) is 0 Å². The lowest BCUT2D eigenvalue weighted by Gasteiger charge is -2.34. The van der Waals surface area contributed by atoms with Crippen LogP contribution in [-0.2, 0) is 17.8 Å². The molecule has 0 atom stereocenters. The highest BCUT2D eigenvalue weighted by Crippen LogP contribution is 2.08. The zero-order valence-corrected chi connectivity index (χ0v) is 13.2. The van der Waals surface area contributed by atoms with E-state index in [1.54, 1.807) is 11.8 Å². The fraction of sp³-hybridized carbons (Fsp3) is 0.500. The van der Waals surface area contributed by atoms with Crippen molar-refractivity contribution in [2.45, 2.75) is 19.9 Å². The number of amides is 1. The molecule has 3 heterocycles. The van der Waals surface area contributed by atoms with Gasteiger partial charge in [0.15, 0.2) is 5.82 Å². The molecule has 10 nitrogen and oxygen atoms in total. The molecule has 0 aromatic carbocycles. The van der Waals surface area contributed by atoms with E-state index in [1.807, 2.05) is 0 Å². The molecule has 0 saturated carbocycles. The van der Waals surface area contributed by atoms with Gasteiger partial charge in [0.1, 0.15) is 0 Å². The molecular weight excluding hydrogens is 316 g/mol. The molecule has 0 aliphatic carbocycles. The lowest BCUT2D eigenvalue weighted by molar-refractivity contribution is -0.132. The first-order valence-electron chi connectivity index (χ1n) is 7.61. The van der Waals surface area contributed by atoms with Crippen LogP contribution in [0.25, 0.3) is 0 Å². The third-order valence-corrected chi connectivity index (χ3v) is 3.90. The van der Waals surface area contributed by atoms with E-state index in [2.05, 4.69) is 25.0 Å². The molecule has 10 heteroatoms. The summed E-state index contributed by atoms with van der Waals surface area (Å²) in [5, 5.41) is 3.86. The van der Waals surface area contributed by atoms with Crippen LogP contribution in [0.3, 0.4) is 0 Å². The minimum Gasteiger partial charge on any atom is -0.340 e. The topological polar surface area (TPSA) is 128 Å². The second-order valence-electron chi connectivity index (χ2n) is 5.66. The summed E-state index contributed by atoms with van der Waals surface area (Å²) in [7, 11) is 0. The van der Waals surface area contributed by atoms with Gasteiger partial charge in [-0.3, -0.25) is 19.5 Å². The van der Waals surface area contributed by atoms with Crippen molar-refractivity contribution < 1.29 is 9.32 Å². The molecule has 2 aromatic rings. The van der Waals surface area contributed by atoms with Crippen LogP contribution in [0.4, 0.5) is 0 Å². The summed E-state index contributed by atoms with van der Waals surface area (Å²) in [6.07, 6.45) is 1.25. The number of H-pyrrole nitrogens is 2. The highest BCUT2D eigenvalue weighted by Gasteiger charge is 2.22. The number of aromatic nitrogens is 4. The zero-order valence-electron chi connectivity index (χ0n) is 13.2. The highest BCUT2D eigenvalue weighted by molar-refractivity contribution is 5.78. The SMILES string of the molecule is Cc1nc(CN2CCN(C(=O)Cc3c[nH]c(=O)[nH]c3=O)CC2)no1. The molecule has 1 amide bonds. The lowest BCUT2D eigenvalue weighted by Crippen LogP contribution is -2.49. The van der Waals surface area contributed by atoms with Crippen LogP contribution in [0.2, 0.25) is 0 Å². The van der Waals surface area contributed by atoms with Crippen molar-refractivity contribution in [1.29, 1.82) is 0 Å². The van der Waals surface area contributed by atoms with Gasteiger partial charge < -0.3 is 14.4 Å². The first kappa shape index (κ1) is 16.1. The molecule has 0 radical (unpaired) electrons. The molecule has 3 rings (SSSR count). The molecule has 0 bridgehead atoms. The average molecular weight is 334 g/mol. The van der Waals surface area contributed by atoms with Crippen molar-refractivity contribution in [3.8, 4) is 0 Å². The molecule has 1 fully saturated rings. The Kier molecular flexibility index (Phi) is 4.56. The van der Waals surface area contributed by atoms with Crippen molar-refractivity contribution in [3.05, 3.63) is 44.3 Å². The van der Waals surface area contributed by atoms with Crippen LogP contribution in [-0.4, -0.2) is 62.0 Å². The normalized spacial score (nSPS) is 15.6. The number of hydrogen-bond donors (Lipinski definition) is 2. The zero-order chi connectivity index (χ0) is 17.1. The molecule has 1 aliphatic rings. The summed E-state index contributed by atoms with van der Waals surface area (Å²) in [5.74, 6) is 1.03. The van der Waals surface area contributed by atoms with E-state index in [0.29, 0.717) is 44.4 Å². The van der Waals surface area contributed by atoms with E-state index < -0.39 is 11.2 Å². The number of hydrogen-bond acceptors (Lipinski definition) is 7. The molecule has 2 aromatic heterocycles. The van der Waals surface area contributed by atoms with Gasteiger partial charge in [-0.2, -0.15) is 4.98 Å². The number of aromatic amines is 2. The van der Waals surface area contributed by atoms with Gasteiger partial charge in [0, 0.05) is 44.9 Å². The van der Waals surface area contributed by atoms with E-state index in [4.69, 9.17) is 4.52 Å². The molecule has 1 aliphatic heterocycles. The maximum Gasteiger partial charge on any atom is 0.325 e. The molecule has 0 unspecified atom stereocenters. The Hall–Kier alpha value is -2.75. The van der Waals surface area contributed by atoms with Gasteiger partial charge in [0.05, 0.1) is 13.0 Å². The van der Waals surface area contributed by atoms with Crippen LogP contribution in [0, 0.1) is 6.92 Å². The van der Waals surface area contributed by atoms with E-state index >= 15 is 0 Å². The van der Waals surface area contributed by atoms with Gasteiger partial charge >= 0.3 is 5.69 Å². The fourth-order valence-corrected chi connectivity index (χ4v) is 2.60. The van der Waals surface area contributed by atoms with Crippen molar-refractivity contribution >= 4 is 5.91 Å². The average Bonchev–Trinajstić information content (AvgIpc) is 2.96. The Morgan fingerprint density at radius 3 is 2.67 bits per heavy atom. The maximum atomic E-state index is 12.3. The second-order valence-corrected chi connectivity index (χ2v) is 5.66.